The first-order valence-corrected chi connectivity index (χ1v) is 6.01. The number of methoxy groups -OCH3 is 1. The van der Waals surface area contributed by atoms with E-state index in [2.05, 4.69) is 4.74 Å². The fourth-order valence-electron chi connectivity index (χ4n) is 1.65. The summed E-state index contributed by atoms with van der Waals surface area (Å²) in [4.78, 5) is 0. The van der Waals surface area contributed by atoms with E-state index in [1.807, 2.05) is 19.9 Å². The molecule has 1 aromatic carbocycles. The molecule has 0 aromatic heterocycles. The highest BCUT2D eigenvalue weighted by Crippen LogP contribution is 2.30. The van der Waals surface area contributed by atoms with Gasteiger partial charge in [0.05, 0.1) is 7.11 Å². The average Bonchev–Trinajstić information content (AvgIpc) is 2.35. The van der Waals surface area contributed by atoms with Gasteiger partial charge in [-0.3, -0.25) is 0 Å². The zero-order valence-electron chi connectivity index (χ0n) is 11.3. The lowest BCUT2D eigenvalue weighted by Crippen LogP contribution is -2.08. The maximum absolute atomic E-state index is 12.3. The molecule has 0 amide bonds. The van der Waals surface area contributed by atoms with Crippen LogP contribution in [0, 0.1) is 5.92 Å². The highest BCUT2D eigenvalue weighted by Gasteiger charge is 2.11. The second-order valence-corrected chi connectivity index (χ2v) is 4.37. The van der Waals surface area contributed by atoms with Crippen LogP contribution < -0.4 is 15.2 Å². The lowest BCUT2D eigenvalue weighted by atomic mass is 10.0. The molecule has 3 nitrogen and oxygen atoms in total. The van der Waals surface area contributed by atoms with Crippen molar-refractivity contribution >= 4 is 6.08 Å². The van der Waals surface area contributed by atoms with Gasteiger partial charge in [0.25, 0.3) is 0 Å². The van der Waals surface area contributed by atoms with Crippen LogP contribution >= 0.6 is 0 Å². The van der Waals surface area contributed by atoms with Gasteiger partial charge in [-0.15, -0.1) is 0 Å². The third-order valence-electron chi connectivity index (χ3n) is 2.73. The van der Waals surface area contributed by atoms with Crippen LogP contribution in [0.3, 0.4) is 0 Å². The second kappa shape index (κ2) is 7.09. The molecule has 0 aliphatic rings. The summed E-state index contributed by atoms with van der Waals surface area (Å²) in [6.45, 7) is 1.60. The summed E-state index contributed by atoms with van der Waals surface area (Å²) in [5, 5.41) is 0. The first-order chi connectivity index (χ1) is 8.97. The molecule has 1 aromatic rings. The smallest absolute Gasteiger partial charge is 0.387 e. The summed E-state index contributed by atoms with van der Waals surface area (Å²) in [5.41, 5.74) is 7.44. The van der Waals surface area contributed by atoms with Crippen molar-refractivity contribution in [3.8, 4) is 11.5 Å². The fourth-order valence-corrected chi connectivity index (χ4v) is 1.65. The molecule has 0 spiro atoms. The number of halogens is 2. The van der Waals surface area contributed by atoms with Gasteiger partial charge in [0.1, 0.15) is 0 Å². The molecular weight excluding hydrogens is 252 g/mol. The molecule has 0 bridgehead atoms. The number of rotatable bonds is 6. The molecule has 0 saturated heterocycles. The Bertz CT molecular complexity index is 445. The first-order valence-electron chi connectivity index (χ1n) is 6.01. The van der Waals surface area contributed by atoms with Crippen LogP contribution in [-0.2, 0) is 0 Å². The second-order valence-electron chi connectivity index (χ2n) is 4.37. The Morgan fingerprint density at radius 1 is 1.32 bits per heavy atom. The number of alkyl halides is 2. The SMILES string of the molecule is COc1ccc(C=C(CN)C(C)C)cc1OC(F)F. The number of nitrogens with two attached hydrogens (primary N) is 1. The van der Waals surface area contributed by atoms with Crippen molar-refractivity contribution in [2.24, 2.45) is 11.7 Å². The lowest BCUT2D eigenvalue weighted by Gasteiger charge is -2.12. The third kappa shape index (κ3) is 4.52. The molecule has 2 N–H and O–H groups in total. The molecular formula is C14H19F2NO2. The minimum absolute atomic E-state index is 0.0198. The van der Waals surface area contributed by atoms with Crippen molar-refractivity contribution in [3.63, 3.8) is 0 Å². The highest BCUT2D eigenvalue weighted by atomic mass is 19.3. The monoisotopic (exact) mass is 271 g/mol. The molecule has 0 aliphatic carbocycles. The van der Waals surface area contributed by atoms with Gasteiger partial charge in [-0.05, 0) is 23.6 Å². The Kier molecular flexibility index (Phi) is 5.76. The molecule has 5 heteroatoms. The van der Waals surface area contributed by atoms with Crippen LogP contribution in [0.25, 0.3) is 6.08 Å². The van der Waals surface area contributed by atoms with Gasteiger partial charge in [0.2, 0.25) is 0 Å². The predicted molar refractivity (Wildman–Crippen MR) is 71.5 cm³/mol. The third-order valence-corrected chi connectivity index (χ3v) is 2.73. The van der Waals surface area contributed by atoms with Crippen molar-refractivity contribution in [3.05, 3.63) is 29.3 Å². The predicted octanol–water partition coefficient (Wildman–Crippen LogP) is 3.29. The number of hydrogen-bond acceptors (Lipinski definition) is 3. The fraction of sp³-hybridized carbons (Fsp3) is 0.429. The Morgan fingerprint density at radius 2 is 2.00 bits per heavy atom. The molecule has 0 atom stereocenters. The Hall–Kier alpha value is -1.62. The van der Waals surface area contributed by atoms with Gasteiger partial charge < -0.3 is 15.2 Å². The maximum atomic E-state index is 12.3. The van der Waals surface area contributed by atoms with E-state index >= 15 is 0 Å². The van der Waals surface area contributed by atoms with Gasteiger partial charge in [0, 0.05) is 6.54 Å². The largest absolute Gasteiger partial charge is 0.493 e. The van der Waals surface area contributed by atoms with Crippen LogP contribution in [0.2, 0.25) is 0 Å². The van der Waals surface area contributed by atoms with Crippen molar-refractivity contribution in [2.45, 2.75) is 20.5 Å². The Labute approximate surface area is 112 Å². The zero-order valence-corrected chi connectivity index (χ0v) is 11.3. The molecule has 0 aliphatic heterocycles. The van der Waals surface area contributed by atoms with Crippen LogP contribution in [0.1, 0.15) is 19.4 Å². The van der Waals surface area contributed by atoms with Crippen LogP contribution in [-0.4, -0.2) is 20.3 Å². The molecule has 0 unspecified atom stereocenters. The van der Waals surface area contributed by atoms with E-state index in [1.54, 1.807) is 12.1 Å². The summed E-state index contributed by atoms with van der Waals surface area (Å²) in [7, 11) is 1.41. The number of benzene rings is 1. The van der Waals surface area contributed by atoms with E-state index in [4.69, 9.17) is 10.5 Å². The summed E-state index contributed by atoms with van der Waals surface area (Å²) in [5.74, 6) is 0.592. The average molecular weight is 271 g/mol. The van der Waals surface area contributed by atoms with E-state index in [0.717, 1.165) is 11.1 Å². The van der Waals surface area contributed by atoms with E-state index in [0.29, 0.717) is 12.5 Å². The van der Waals surface area contributed by atoms with E-state index in [-0.39, 0.29) is 11.5 Å². The van der Waals surface area contributed by atoms with Gasteiger partial charge >= 0.3 is 6.61 Å². The molecule has 0 radical (unpaired) electrons. The minimum atomic E-state index is -2.88. The lowest BCUT2D eigenvalue weighted by molar-refractivity contribution is -0.0512. The maximum Gasteiger partial charge on any atom is 0.387 e. The molecule has 0 heterocycles. The van der Waals surface area contributed by atoms with Crippen LogP contribution in [0.5, 0.6) is 11.5 Å². The van der Waals surface area contributed by atoms with E-state index in [9.17, 15) is 8.78 Å². The van der Waals surface area contributed by atoms with Crippen LogP contribution in [0.4, 0.5) is 8.78 Å². The van der Waals surface area contributed by atoms with Crippen molar-refractivity contribution < 1.29 is 18.3 Å². The number of hydrogen-bond donors (Lipinski definition) is 1. The van der Waals surface area contributed by atoms with E-state index < -0.39 is 6.61 Å². The zero-order chi connectivity index (χ0) is 14.4. The summed E-state index contributed by atoms with van der Waals surface area (Å²) >= 11 is 0. The molecule has 0 fully saturated rings. The van der Waals surface area contributed by atoms with Crippen LogP contribution in [0.15, 0.2) is 23.8 Å². The van der Waals surface area contributed by atoms with Crippen molar-refractivity contribution in [1.29, 1.82) is 0 Å². The first kappa shape index (κ1) is 15.4. The summed E-state index contributed by atoms with van der Waals surface area (Å²) in [6, 6.07) is 4.89. The number of ether oxygens (including phenoxy) is 2. The molecule has 19 heavy (non-hydrogen) atoms. The topological polar surface area (TPSA) is 44.5 Å². The van der Waals surface area contributed by atoms with Crippen molar-refractivity contribution in [2.75, 3.05) is 13.7 Å². The minimum Gasteiger partial charge on any atom is -0.493 e. The van der Waals surface area contributed by atoms with Crippen molar-refractivity contribution in [1.82, 2.24) is 0 Å². The quantitative estimate of drug-likeness (QED) is 0.863. The van der Waals surface area contributed by atoms with Gasteiger partial charge in [0.15, 0.2) is 11.5 Å². The molecule has 106 valence electrons. The molecule has 0 saturated carbocycles. The standard InChI is InChI=1S/C14H19F2NO2/c1-9(2)11(8-17)6-10-4-5-12(18-3)13(7-10)19-14(15)16/h4-7,9,14H,8,17H2,1-3H3. The Morgan fingerprint density at radius 3 is 2.47 bits per heavy atom. The van der Waals surface area contributed by atoms with Gasteiger partial charge in [-0.2, -0.15) is 8.78 Å². The Balaban J connectivity index is 3.10. The summed E-state index contributed by atoms with van der Waals surface area (Å²) in [6.07, 6.45) is 1.88. The van der Waals surface area contributed by atoms with Gasteiger partial charge in [-0.25, -0.2) is 0 Å². The normalized spacial score (nSPS) is 12.1. The molecule has 1 rings (SSSR count). The van der Waals surface area contributed by atoms with E-state index in [1.165, 1.54) is 13.2 Å². The highest BCUT2D eigenvalue weighted by molar-refractivity contribution is 5.58. The summed E-state index contributed by atoms with van der Waals surface area (Å²) < 4.78 is 34.0. The van der Waals surface area contributed by atoms with Gasteiger partial charge in [-0.1, -0.05) is 31.6 Å².